The first kappa shape index (κ1) is 11.3. The third kappa shape index (κ3) is 4.89. The summed E-state index contributed by atoms with van der Waals surface area (Å²) < 4.78 is 5.18. The summed E-state index contributed by atoms with van der Waals surface area (Å²) in [5, 5.41) is 9.60. The van der Waals surface area contributed by atoms with Crippen LogP contribution >= 0.6 is 11.8 Å². The predicted octanol–water partition coefficient (Wildman–Crippen LogP) is 1.92. The number of aliphatic hydroxyl groups excluding tert-OH is 1. The molecular weight excluding hydrogens is 184 g/mol. The van der Waals surface area contributed by atoms with Crippen molar-refractivity contribution in [3.05, 3.63) is 0 Å². The van der Waals surface area contributed by atoms with Crippen LogP contribution in [0.15, 0.2) is 0 Å². The first-order chi connectivity index (χ1) is 6.33. The van der Waals surface area contributed by atoms with Crippen LogP contribution in [0.5, 0.6) is 0 Å². The number of hydrogen-bond acceptors (Lipinski definition) is 3. The molecule has 0 aromatic carbocycles. The lowest BCUT2D eigenvalue weighted by molar-refractivity contribution is 0.0284. The maximum Gasteiger partial charge on any atom is 0.0776 e. The Morgan fingerprint density at radius 1 is 1.46 bits per heavy atom. The van der Waals surface area contributed by atoms with Crippen LogP contribution in [0.1, 0.15) is 26.2 Å². The molecule has 1 aliphatic heterocycles. The number of thioether (sulfide) groups is 1. The van der Waals surface area contributed by atoms with Crippen molar-refractivity contribution in [2.75, 3.05) is 24.7 Å². The van der Waals surface area contributed by atoms with Gasteiger partial charge in [-0.2, -0.15) is 11.8 Å². The second-order valence-corrected chi connectivity index (χ2v) is 4.83. The molecule has 13 heavy (non-hydrogen) atoms. The van der Waals surface area contributed by atoms with Gasteiger partial charge in [0.25, 0.3) is 0 Å². The number of rotatable bonds is 5. The summed E-state index contributed by atoms with van der Waals surface area (Å²) in [6.45, 7) is 3.18. The van der Waals surface area contributed by atoms with E-state index >= 15 is 0 Å². The van der Waals surface area contributed by atoms with Crippen molar-refractivity contribution in [1.29, 1.82) is 0 Å². The molecule has 0 amide bonds. The van der Waals surface area contributed by atoms with E-state index in [4.69, 9.17) is 4.74 Å². The third-order valence-electron chi connectivity index (χ3n) is 2.46. The largest absolute Gasteiger partial charge is 0.391 e. The van der Waals surface area contributed by atoms with Crippen LogP contribution in [0.25, 0.3) is 0 Å². The number of aliphatic hydroxyl groups is 1. The van der Waals surface area contributed by atoms with Crippen molar-refractivity contribution in [2.45, 2.75) is 32.3 Å². The van der Waals surface area contributed by atoms with Crippen molar-refractivity contribution in [2.24, 2.45) is 5.92 Å². The van der Waals surface area contributed by atoms with Crippen LogP contribution in [0.4, 0.5) is 0 Å². The van der Waals surface area contributed by atoms with E-state index in [1.165, 1.54) is 24.3 Å². The molecule has 3 heteroatoms. The van der Waals surface area contributed by atoms with Gasteiger partial charge in [0.1, 0.15) is 0 Å². The first-order valence-electron chi connectivity index (χ1n) is 5.16. The quantitative estimate of drug-likeness (QED) is 0.742. The second-order valence-electron chi connectivity index (χ2n) is 3.60. The Hall–Kier alpha value is 0.270. The van der Waals surface area contributed by atoms with E-state index in [1.807, 2.05) is 18.7 Å². The Morgan fingerprint density at radius 2 is 2.15 bits per heavy atom. The van der Waals surface area contributed by atoms with Crippen molar-refractivity contribution < 1.29 is 9.84 Å². The Kier molecular flexibility index (Phi) is 5.83. The minimum atomic E-state index is -0.243. The topological polar surface area (TPSA) is 29.5 Å². The molecule has 0 aromatic rings. The third-order valence-corrected chi connectivity index (χ3v) is 3.51. The Balaban J connectivity index is 2.07. The average Bonchev–Trinajstić information content (AvgIpc) is 2.16. The fraction of sp³-hybridized carbons (Fsp3) is 1.00. The highest BCUT2D eigenvalue weighted by Gasteiger charge is 2.17. The molecule has 1 aliphatic rings. The molecule has 1 fully saturated rings. The van der Waals surface area contributed by atoms with Gasteiger partial charge >= 0.3 is 0 Å². The van der Waals surface area contributed by atoms with Gasteiger partial charge in [0.05, 0.1) is 12.7 Å². The van der Waals surface area contributed by atoms with E-state index in [1.54, 1.807) is 0 Å². The first-order valence-corrected chi connectivity index (χ1v) is 6.32. The Labute approximate surface area is 85.0 Å². The van der Waals surface area contributed by atoms with E-state index in [2.05, 4.69) is 0 Å². The highest BCUT2D eigenvalue weighted by Crippen LogP contribution is 2.26. The van der Waals surface area contributed by atoms with Gasteiger partial charge in [0.2, 0.25) is 0 Å². The fourth-order valence-corrected chi connectivity index (χ4v) is 2.89. The molecule has 0 saturated carbocycles. The Morgan fingerprint density at radius 3 is 2.77 bits per heavy atom. The Bertz CT molecular complexity index is 124. The molecule has 0 radical (unpaired) electrons. The van der Waals surface area contributed by atoms with E-state index in [0.717, 1.165) is 12.3 Å². The van der Waals surface area contributed by atoms with E-state index in [9.17, 15) is 5.11 Å². The van der Waals surface area contributed by atoms with Crippen LogP contribution < -0.4 is 0 Å². The van der Waals surface area contributed by atoms with Crippen molar-refractivity contribution in [3.8, 4) is 0 Å². The molecule has 1 N–H and O–H groups in total. The molecule has 1 rings (SSSR count). The smallest absolute Gasteiger partial charge is 0.0776 e. The SMILES string of the molecule is CCOCC(O)CC1CCSCC1. The van der Waals surface area contributed by atoms with Crippen LogP contribution in [0.2, 0.25) is 0 Å². The van der Waals surface area contributed by atoms with Crippen LogP contribution in [0.3, 0.4) is 0 Å². The summed E-state index contributed by atoms with van der Waals surface area (Å²) >= 11 is 2.03. The van der Waals surface area contributed by atoms with Gasteiger partial charge in [-0.1, -0.05) is 0 Å². The lowest BCUT2D eigenvalue weighted by Crippen LogP contribution is -2.22. The molecule has 0 aliphatic carbocycles. The molecule has 0 aromatic heterocycles. The lowest BCUT2D eigenvalue weighted by atomic mass is 9.96. The van der Waals surface area contributed by atoms with Gasteiger partial charge in [0, 0.05) is 6.61 Å². The standard InChI is InChI=1S/C10H20O2S/c1-2-12-8-10(11)7-9-3-5-13-6-4-9/h9-11H,2-8H2,1H3. The predicted molar refractivity (Wildman–Crippen MR) is 57.2 cm³/mol. The second kappa shape index (κ2) is 6.68. The molecule has 2 nitrogen and oxygen atoms in total. The van der Waals surface area contributed by atoms with Crippen molar-refractivity contribution in [3.63, 3.8) is 0 Å². The summed E-state index contributed by atoms with van der Waals surface area (Å²) in [7, 11) is 0. The van der Waals surface area contributed by atoms with E-state index < -0.39 is 0 Å². The summed E-state index contributed by atoms with van der Waals surface area (Å²) in [6, 6.07) is 0. The summed E-state index contributed by atoms with van der Waals surface area (Å²) in [4.78, 5) is 0. The van der Waals surface area contributed by atoms with Gasteiger partial charge in [-0.25, -0.2) is 0 Å². The molecular formula is C10H20O2S. The number of hydrogen-bond donors (Lipinski definition) is 1. The molecule has 1 saturated heterocycles. The van der Waals surface area contributed by atoms with Crippen LogP contribution in [0, 0.1) is 5.92 Å². The zero-order chi connectivity index (χ0) is 9.52. The van der Waals surface area contributed by atoms with Crippen LogP contribution in [-0.2, 0) is 4.74 Å². The van der Waals surface area contributed by atoms with E-state index in [0.29, 0.717) is 13.2 Å². The van der Waals surface area contributed by atoms with Gasteiger partial charge in [-0.15, -0.1) is 0 Å². The summed E-state index contributed by atoms with van der Waals surface area (Å²) in [5.41, 5.74) is 0. The van der Waals surface area contributed by atoms with Gasteiger partial charge in [-0.05, 0) is 43.6 Å². The minimum Gasteiger partial charge on any atom is -0.391 e. The summed E-state index contributed by atoms with van der Waals surface area (Å²) in [6.07, 6.45) is 3.23. The average molecular weight is 204 g/mol. The van der Waals surface area contributed by atoms with Gasteiger partial charge in [-0.3, -0.25) is 0 Å². The number of ether oxygens (including phenoxy) is 1. The lowest BCUT2D eigenvalue weighted by Gasteiger charge is -2.23. The summed E-state index contributed by atoms with van der Waals surface area (Å²) in [5.74, 6) is 3.27. The van der Waals surface area contributed by atoms with E-state index in [-0.39, 0.29) is 6.10 Å². The zero-order valence-corrected chi connectivity index (χ0v) is 9.18. The monoisotopic (exact) mass is 204 g/mol. The molecule has 1 heterocycles. The molecule has 1 atom stereocenters. The normalized spacial score (nSPS) is 21.7. The highest BCUT2D eigenvalue weighted by atomic mass is 32.2. The maximum atomic E-state index is 9.60. The minimum absolute atomic E-state index is 0.243. The van der Waals surface area contributed by atoms with Gasteiger partial charge < -0.3 is 9.84 Å². The molecule has 0 spiro atoms. The fourth-order valence-electron chi connectivity index (χ4n) is 1.69. The van der Waals surface area contributed by atoms with Gasteiger partial charge in [0.15, 0.2) is 0 Å². The highest BCUT2D eigenvalue weighted by molar-refractivity contribution is 7.99. The maximum absolute atomic E-state index is 9.60. The molecule has 1 unspecified atom stereocenters. The zero-order valence-electron chi connectivity index (χ0n) is 8.37. The van der Waals surface area contributed by atoms with Crippen molar-refractivity contribution in [1.82, 2.24) is 0 Å². The van der Waals surface area contributed by atoms with Crippen LogP contribution in [-0.4, -0.2) is 35.9 Å². The van der Waals surface area contributed by atoms with Crippen molar-refractivity contribution >= 4 is 11.8 Å². The molecule has 0 bridgehead atoms. The molecule has 78 valence electrons.